The molecule has 4 unspecified atom stereocenters. The molecule has 2 saturated heterocycles. The number of aliphatic carboxylic acids is 1. The summed E-state index contributed by atoms with van der Waals surface area (Å²) in [5.41, 5.74) is 1.73. The summed E-state index contributed by atoms with van der Waals surface area (Å²) >= 11 is 12.6. The zero-order valence-corrected chi connectivity index (χ0v) is 24.0. The largest absolute Gasteiger partial charge is 0.481 e. The normalized spacial score (nSPS) is 25.4. The second-order valence-electron chi connectivity index (χ2n) is 11.1. The second kappa shape index (κ2) is 11.8. The number of amides is 1. The molecule has 39 heavy (non-hydrogen) atoms. The third-order valence-electron chi connectivity index (χ3n) is 8.35. The Bertz CT molecular complexity index is 1310. The fourth-order valence-electron chi connectivity index (χ4n) is 6.33. The van der Waals surface area contributed by atoms with Gasteiger partial charge in [-0.15, -0.1) is 0 Å². The first-order chi connectivity index (χ1) is 18.6. The lowest BCUT2D eigenvalue weighted by molar-refractivity contribution is -0.152. The molecule has 2 aromatic rings. The lowest BCUT2D eigenvalue weighted by Crippen LogP contribution is -2.55. The average molecular weight is 594 g/mol. The molecule has 2 heterocycles. The van der Waals surface area contributed by atoms with Gasteiger partial charge in [-0.25, -0.2) is 12.7 Å². The number of nitrogens with zero attached hydrogens (tertiary/aromatic N) is 2. The maximum atomic E-state index is 14.2. The number of carboxylic acids is 1. The quantitative estimate of drug-likeness (QED) is 0.401. The van der Waals surface area contributed by atoms with Crippen LogP contribution < -0.4 is 0 Å². The number of benzene rings is 2. The molecule has 1 saturated carbocycles. The van der Waals surface area contributed by atoms with Gasteiger partial charge in [0.2, 0.25) is 15.9 Å². The molecule has 5 rings (SSSR count). The van der Waals surface area contributed by atoms with Crippen LogP contribution in [0.25, 0.3) is 0 Å². The van der Waals surface area contributed by atoms with Gasteiger partial charge >= 0.3 is 5.97 Å². The predicted octanol–water partition coefficient (Wildman–Crippen LogP) is 5.74. The van der Waals surface area contributed by atoms with Gasteiger partial charge in [0.05, 0.1) is 24.3 Å². The first kappa shape index (κ1) is 28.4. The number of hydrogen-bond donors (Lipinski definition) is 1. The minimum atomic E-state index is -3.62. The van der Waals surface area contributed by atoms with Crippen molar-refractivity contribution in [3.05, 3.63) is 69.7 Å². The van der Waals surface area contributed by atoms with Crippen LogP contribution in [-0.4, -0.2) is 59.5 Å². The zero-order chi connectivity index (χ0) is 27.7. The molecule has 3 aliphatic rings. The molecular weight excluding hydrogens is 559 g/mol. The van der Waals surface area contributed by atoms with Gasteiger partial charge in [0.1, 0.15) is 0 Å². The highest BCUT2D eigenvalue weighted by Crippen LogP contribution is 2.50. The van der Waals surface area contributed by atoms with E-state index in [2.05, 4.69) is 0 Å². The van der Waals surface area contributed by atoms with E-state index in [1.54, 1.807) is 27.4 Å². The number of carbonyl (C=O) groups is 2. The standard InChI is InChI=1S/C29H34Cl2N2O5S/c30-23-11-9-20(10-12-23)28-25(21-5-4-6-24(31)15-21)16-22(17-27(34)35)29(36)33(28)26(19-7-8-19)18-39(37,38)32-13-2-1-3-14-32/h4-6,9-12,15,19,22,25-26,28H,1-3,7-8,13-14,16-18H2,(H,34,35). The molecule has 1 amide bonds. The molecule has 0 radical (unpaired) electrons. The molecule has 0 bridgehead atoms. The number of carboxylic acid groups (broad SMARTS) is 1. The summed E-state index contributed by atoms with van der Waals surface area (Å²) < 4.78 is 28.9. The van der Waals surface area contributed by atoms with Crippen molar-refractivity contribution in [3.63, 3.8) is 0 Å². The summed E-state index contributed by atoms with van der Waals surface area (Å²) in [6, 6.07) is 13.7. The molecule has 0 aromatic heterocycles. The number of carbonyl (C=O) groups excluding carboxylic acids is 1. The fourth-order valence-corrected chi connectivity index (χ4v) is 8.54. The zero-order valence-electron chi connectivity index (χ0n) is 21.7. The Labute approximate surface area is 240 Å². The number of rotatable bonds is 9. The highest BCUT2D eigenvalue weighted by atomic mass is 35.5. The number of halogens is 2. The van der Waals surface area contributed by atoms with Crippen LogP contribution in [0.1, 0.15) is 68.0 Å². The van der Waals surface area contributed by atoms with Crippen LogP contribution in [-0.2, 0) is 19.6 Å². The van der Waals surface area contributed by atoms with Crippen molar-refractivity contribution >= 4 is 45.1 Å². The average Bonchev–Trinajstić information content (AvgIpc) is 3.75. The van der Waals surface area contributed by atoms with Crippen molar-refractivity contribution in [3.8, 4) is 0 Å². The monoisotopic (exact) mass is 592 g/mol. The molecule has 2 aromatic carbocycles. The van der Waals surface area contributed by atoms with Gasteiger partial charge in [-0.05, 0) is 73.4 Å². The third-order valence-corrected chi connectivity index (χ3v) is 10.7. The molecule has 210 valence electrons. The van der Waals surface area contributed by atoms with Crippen LogP contribution >= 0.6 is 23.2 Å². The van der Waals surface area contributed by atoms with E-state index in [0.717, 1.165) is 43.2 Å². The van der Waals surface area contributed by atoms with E-state index in [4.69, 9.17) is 23.2 Å². The summed E-state index contributed by atoms with van der Waals surface area (Å²) in [4.78, 5) is 27.8. The number of hydrogen-bond acceptors (Lipinski definition) is 4. The highest BCUT2D eigenvalue weighted by molar-refractivity contribution is 7.89. The van der Waals surface area contributed by atoms with E-state index in [1.807, 2.05) is 30.3 Å². The SMILES string of the molecule is O=C(O)CC1CC(c2cccc(Cl)c2)C(c2ccc(Cl)cc2)N(C(CS(=O)(=O)N2CCCCC2)C2CC2)C1=O. The first-order valence-corrected chi connectivity index (χ1v) is 16.0. The van der Waals surface area contributed by atoms with Gasteiger partial charge < -0.3 is 10.0 Å². The van der Waals surface area contributed by atoms with Crippen LogP contribution in [0.2, 0.25) is 10.0 Å². The fraction of sp³-hybridized carbons (Fsp3) is 0.517. The molecule has 1 aliphatic carbocycles. The van der Waals surface area contributed by atoms with Gasteiger partial charge in [-0.2, -0.15) is 0 Å². The molecule has 10 heteroatoms. The highest BCUT2D eigenvalue weighted by Gasteiger charge is 2.51. The number of likely N-dealkylation sites (tertiary alicyclic amines) is 1. The van der Waals surface area contributed by atoms with E-state index in [9.17, 15) is 23.1 Å². The Hall–Kier alpha value is -2.13. The molecular formula is C29H34Cl2N2O5S. The molecule has 4 atom stereocenters. The molecule has 2 aliphatic heterocycles. The number of sulfonamides is 1. The minimum Gasteiger partial charge on any atom is -0.481 e. The van der Waals surface area contributed by atoms with E-state index in [-0.39, 0.29) is 29.9 Å². The lowest BCUT2D eigenvalue weighted by atomic mass is 9.74. The van der Waals surface area contributed by atoms with Gasteiger partial charge in [0, 0.05) is 35.0 Å². The van der Waals surface area contributed by atoms with Crippen molar-refractivity contribution < 1.29 is 23.1 Å². The van der Waals surface area contributed by atoms with Crippen molar-refractivity contribution in [2.45, 2.75) is 62.9 Å². The van der Waals surface area contributed by atoms with Crippen LogP contribution in [0.4, 0.5) is 0 Å². The molecule has 3 fully saturated rings. The van der Waals surface area contributed by atoms with Crippen LogP contribution in [0, 0.1) is 11.8 Å². The molecule has 1 N–H and O–H groups in total. The Morgan fingerprint density at radius 1 is 0.974 bits per heavy atom. The van der Waals surface area contributed by atoms with Crippen LogP contribution in [0.3, 0.4) is 0 Å². The van der Waals surface area contributed by atoms with Crippen molar-refractivity contribution in [2.24, 2.45) is 11.8 Å². The molecule has 7 nitrogen and oxygen atoms in total. The van der Waals surface area contributed by atoms with Crippen LogP contribution in [0.15, 0.2) is 48.5 Å². The first-order valence-electron chi connectivity index (χ1n) is 13.7. The summed E-state index contributed by atoms with van der Waals surface area (Å²) in [6.45, 7) is 1.00. The Morgan fingerprint density at radius 3 is 2.28 bits per heavy atom. The predicted molar refractivity (Wildman–Crippen MR) is 151 cm³/mol. The summed E-state index contributed by atoms with van der Waals surface area (Å²) in [5, 5.41) is 10.8. The second-order valence-corrected chi connectivity index (χ2v) is 14.0. The van der Waals surface area contributed by atoms with Crippen LogP contribution in [0.5, 0.6) is 0 Å². The van der Waals surface area contributed by atoms with E-state index in [0.29, 0.717) is 29.6 Å². The lowest BCUT2D eigenvalue weighted by Gasteiger charge is -2.48. The number of piperidine rings is 2. The summed E-state index contributed by atoms with van der Waals surface area (Å²) in [7, 11) is -3.62. The minimum absolute atomic E-state index is 0.0481. The van der Waals surface area contributed by atoms with Gasteiger partial charge in [-0.1, -0.05) is 53.9 Å². The Morgan fingerprint density at radius 2 is 1.67 bits per heavy atom. The van der Waals surface area contributed by atoms with E-state index in [1.165, 1.54) is 0 Å². The van der Waals surface area contributed by atoms with Gasteiger partial charge in [0.15, 0.2) is 0 Å². The van der Waals surface area contributed by atoms with E-state index >= 15 is 0 Å². The Kier molecular flexibility index (Phi) is 8.57. The van der Waals surface area contributed by atoms with Crippen molar-refractivity contribution in [1.82, 2.24) is 9.21 Å². The van der Waals surface area contributed by atoms with Gasteiger partial charge in [-0.3, -0.25) is 9.59 Å². The summed E-state index contributed by atoms with van der Waals surface area (Å²) in [5.74, 6) is -2.49. The smallest absolute Gasteiger partial charge is 0.304 e. The van der Waals surface area contributed by atoms with Crippen molar-refractivity contribution in [1.29, 1.82) is 0 Å². The third kappa shape index (κ3) is 6.45. The van der Waals surface area contributed by atoms with E-state index < -0.39 is 34.0 Å². The Balaban J connectivity index is 1.61. The summed E-state index contributed by atoms with van der Waals surface area (Å²) in [6.07, 6.45) is 4.37. The maximum absolute atomic E-state index is 14.2. The van der Waals surface area contributed by atoms with Crippen molar-refractivity contribution in [2.75, 3.05) is 18.8 Å². The molecule has 0 spiro atoms. The maximum Gasteiger partial charge on any atom is 0.304 e. The topological polar surface area (TPSA) is 95.0 Å². The van der Waals surface area contributed by atoms with Gasteiger partial charge in [0.25, 0.3) is 0 Å².